The summed E-state index contributed by atoms with van der Waals surface area (Å²) in [4.78, 5) is 0. The summed E-state index contributed by atoms with van der Waals surface area (Å²) >= 11 is 1.52. The Balaban J connectivity index is 1.42. The van der Waals surface area contributed by atoms with Gasteiger partial charge in [0, 0.05) is 11.5 Å². The molecular formula is C22H19N5O2S. The van der Waals surface area contributed by atoms with Gasteiger partial charge in [-0.25, -0.2) is 0 Å². The van der Waals surface area contributed by atoms with E-state index in [-0.39, 0.29) is 0 Å². The van der Waals surface area contributed by atoms with Crippen LogP contribution in [0.15, 0.2) is 64.2 Å². The van der Waals surface area contributed by atoms with Gasteiger partial charge in [0.05, 0.1) is 24.8 Å². The highest BCUT2D eigenvalue weighted by molar-refractivity contribution is 7.98. The molecule has 0 aliphatic rings. The first-order valence-corrected chi connectivity index (χ1v) is 10.5. The minimum atomic E-state index is 0.516. The summed E-state index contributed by atoms with van der Waals surface area (Å²) in [5, 5.41) is 19.0. The maximum Gasteiger partial charge on any atom is 0.226 e. The van der Waals surface area contributed by atoms with E-state index in [1.165, 1.54) is 11.8 Å². The number of methoxy groups -OCH3 is 1. The minimum Gasteiger partial charge on any atom is -0.497 e. The molecule has 0 aliphatic carbocycles. The molecule has 0 aliphatic heterocycles. The van der Waals surface area contributed by atoms with Crippen molar-refractivity contribution < 1.29 is 9.15 Å². The van der Waals surface area contributed by atoms with Crippen LogP contribution >= 0.6 is 11.8 Å². The lowest BCUT2D eigenvalue weighted by Gasteiger charge is -2.09. The Labute approximate surface area is 177 Å². The smallest absolute Gasteiger partial charge is 0.226 e. The summed E-state index contributed by atoms with van der Waals surface area (Å²) in [6, 6.07) is 18.1. The summed E-state index contributed by atoms with van der Waals surface area (Å²) in [6.07, 6.45) is 0.621. The molecule has 0 radical (unpaired) electrons. The summed E-state index contributed by atoms with van der Waals surface area (Å²) in [7, 11) is 1.67. The minimum absolute atomic E-state index is 0.516. The van der Waals surface area contributed by atoms with Crippen LogP contribution in [0.25, 0.3) is 16.6 Å². The first-order chi connectivity index (χ1) is 14.7. The quantitative estimate of drug-likeness (QED) is 0.377. The fourth-order valence-electron chi connectivity index (χ4n) is 3.44. The maximum absolute atomic E-state index is 5.82. The summed E-state index contributed by atoms with van der Waals surface area (Å²) in [5.74, 6) is 2.48. The Bertz CT molecular complexity index is 1330. The molecule has 0 saturated carbocycles. The van der Waals surface area contributed by atoms with Crippen LogP contribution < -0.4 is 4.74 Å². The fraction of sp³-hybridized carbons (Fsp3) is 0.182. The standard InChI is InChI=1S/C22H19N5O2S/c1-14-10-19-23-26-22(27(19)18-12-16(28-2)8-9-17(14)18)30-13-21-25-24-20(29-21)11-15-6-4-3-5-7-15/h3-10,12H,11,13H2,1-2H3. The van der Waals surface area contributed by atoms with E-state index in [4.69, 9.17) is 9.15 Å². The Kier molecular flexibility index (Phi) is 4.84. The van der Waals surface area contributed by atoms with Gasteiger partial charge in [0.25, 0.3) is 0 Å². The van der Waals surface area contributed by atoms with Gasteiger partial charge in [-0.1, -0.05) is 42.1 Å². The van der Waals surface area contributed by atoms with E-state index in [0.717, 1.165) is 38.6 Å². The average Bonchev–Trinajstić information content (AvgIpc) is 3.39. The zero-order chi connectivity index (χ0) is 20.5. The number of hydrogen-bond donors (Lipinski definition) is 0. The number of thioether (sulfide) groups is 1. The molecule has 0 atom stereocenters. The van der Waals surface area contributed by atoms with Crippen LogP contribution in [0.5, 0.6) is 5.75 Å². The van der Waals surface area contributed by atoms with Crippen LogP contribution in [0.4, 0.5) is 0 Å². The Hall–Kier alpha value is -3.39. The number of benzene rings is 2. The van der Waals surface area contributed by atoms with Crippen molar-refractivity contribution in [2.45, 2.75) is 24.3 Å². The lowest BCUT2D eigenvalue weighted by atomic mass is 10.1. The van der Waals surface area contributed by atoms with E-state index in [0.29, 0.717) is 24.0 Å². The van der Waals surface area contributed by atoms with Crippen molar-refractivity contribution in [1.29, 1.82) is 0 Å². The second-order valence-electron chi connectivity index (χ2n) is 6.93. The normalized spacial score (nSPS) is 11.4. The number of ether oxygens (including phenoxy) is 1. The fourth-order valence-corrected chi connectivity index (χ4v) is 4.23. The molecule has 3 heterocycles. The van der Waals surface area contributed by atoms with Gasteiger partial charge in [-0.05, 0) is 36.2 Å². The Morgan fingerprint density at radius 3 is 2.63 bits per heavy atom. The van der Waals surface area contributed by atoms with Crippen LogP contribution in [0.1, 0.15) is 22.9 Å². The van der Waals surface area contributed by atoms with Gasteiger partial charge in [-0.3, -0.25) is 4.40 Å². The van der Waals surface area contributed by atoms with E-state index in [1.54, 1.807) is 7.11 Å². The van der Waals surface area contributed by atoms with E-state index < -0.39 is 0 Å². The zero-order valence-corrected chi connectivity index (χ0v) is 17.4. The SMILES string of the molecule is COc1ccc2c(C)cc3nnc(SCc4nnc(Cc5ccccc5)o4)n3c2c1. The van der Waals surface area contributed by atoms with Gasteiger partial charge in [-0.2, -0.15) is 0 Å². The number of pyridine rings is 1. The van der Waals surface area contributed by atoms with Crippen molar-refractivity contribution in [2.24, 2.45) is 0 Å². The highest BCUT2D eigenvalue weighted by Gasteiger charge is 2.14. The molecular weight excluding hydrogens is 398 g/mol. The maximum atomic E-state index is 5.82. The summed E-state index contributed by atoms with van der Waals surface area (Å²) in [6.45, 7) is 2.07. The van der Waals surface area contributed by atoms with Crippen molar-refractivity contribution in [1.82, 2.24) is 24.8 Å². The molecule has 0 unspecified atom stereocenters. The summed E-state index contributed by atoms with van der Waals surface area (Å²) in [5.41, 5.74) is 4.09. The number of fused-ring (bicyclic) bond motifs is 3. The van der Waals surface area contributed by atoms with Crippen molar-refractivity contribution >= 4 is 28.3 Å². The molecule has 0 spiro atoms. The topological polar surface area (TPSA) is 78.3 Å². The molecule has 3 aromatic heterocycles. The molecule has 0 N–H and O–H groups in total. The van der Waals surface area contributed by atoms with Gasteiger partial charge in [0.1, 0.15) is 5.75 Å². The van der Waals surface area contributed by atoms with Crippen LogP contribution in [-0.4, -0.2) is 31.9 Å². The number of nitrogens with zero attached hydrogens (tertiary/aromatic N) is 5. The van der Waals surface area contributed by atoms with Gasteiger partial charge in [-0.15, -0.1) is 20.4 Å². The zero-order valence-electron chi connectivity index (χ0n) is 16.6. The Morgan fingerprint density at radius 2 is 1.80 bits per heavy atom. The number of hydrogen-bond acceptors (Lipinski definition) is 7. The molecule has 7 nitrogen and oxygen atoms in total. The number of aryl methyl sites for hydroxylation is 1. The van der Waals surface area contributed by atoms with Crippen molar-refractivity contribution in [2.75, 3.05) is 7.11 Å². The van der Waals surface area contributed by atoms with Gasteiger partial charge < -0.3 is 9.15 Å². The van der Waals surface area contributed by atoms with E-state index >= 15 is 0 Å². The molecule has 0 fully saturated rings. The molecule has 5 rings (SSSR count). The molecule has 0 amide bonds. The predicted molar refractivity (Wildman–Crippen MR) is 115 cm³/mol. The lowest BCUT2D eigenvalue weighted by molar-refractivity contribution is 0.415. The van der Waals surface area contributed by atoms with Crippen molar-refractivity contribution in [3.05, 3.63) is 77.5 Å². The highest BCUT2D eigenvalue weighted by Crippen LogP contribution is 2.29. The largest absolute Gasteiger partial charge is 0.497 e. The van der Waals surface area contributed by atoms with Gasteiger partial charge in [0.2, 0.25) is 11.8 Å². The van der Waals surface area contributed by atoms with Gasteiger partial charge in [0.15, 0.2) is 10.8 Å². The third kappa shape index (κ3) is 3.50. The third-order valence-corrected chi connectivity index (χ3v) is 5.82. The predicted octanol–water partition coefficient (Wildman–Crippen LogP) is 4.47. The van der Waals surface area contributed by atoms with Crippen LogP contribution in [0.3, 0.4) is 0 Å². The number of aromatic nitrogens is 5. The van der Waals surface area contributed by atoms with E-state index in [1.807, 2.05) is 52.9 Å². The van der Waals surface area contributed by atoms with Crippen molar-refractivity contribution in [3.63, 3.8) is 0 Å². The number of rotatable bonds is 6. The van der Waals surface area contributed by atoms with Crippen LogP contribution in [0.2, 0.25) is 0 Å². The Morgan fingerprint density at radius 1 is 0.967 bits per heavy atom. The monoisotopic (exact) mass is 417 g/mol. The second-order valence-corrected chi connectivity index (χ2v) is 7.87. The molecule has 8 heteroatoms. The first-order valence-electron chi connectivity index (χ1n) is 9.52. The molecule has 30 heavy (non-hydrogen) atoms. The van der Waals surface area contributed by atoms with Gasteiger partial charge >= 0.3 is 0 Å². The highest BCUT2D eigenvalue weighted by atomic mass is 32.2. The lowest BCUT2D eigenvalue weighted by Crippen LogP contribution is -1.95. The van der Waals surface area contributed by atoms with Crippen LogP contribution in [0, 0.1) is 6.92 Å². The third-order valence-electron chi connectivity index (χ3n) is 4.91. The second kappa shape index (κ2) is 7.79. The van der Waals surface area contributed by atoms with E-state index in [2.05, 4.69) is 33.4 Å². The van der Waals surface area contributed by atoms with Crippen molar-refractivity contribution in [3.8, 4) is 5.75 Å². The first kappa shape index (κ1) is 18.6. The van der Waals surface area contributed by atoms with E-state index in [9.17, 15) is 0 Å². The molecule has 0 saturated heterocycles. The summed E-state index contributed by atoms with van der Waals surface area (Å²) < 4.78 is 13.3. The van der Waals surface area contributed by atoms with Crippen LogP contribution in [-0.2, 0) is 12.2 Å². The molecule has 5 aromatic rings. The average molecular weight is 417 g/mol. The molecule has 0 bridgehead atoms. The molecule has 150 valence electrons. The molecule has 2 aromatic carbocycles.